The number of carbonyl (C=O) groups excluding carboxylic acids is 3. The maximum Gasteiger partial charge on any atom is 0.276 e. The summed E-state index contributed by atoms with van der Waals surface area (Å²) in [6.45, 7) is 6.73. The van der Waals surface area contributed by atoms with Gasteiger partial charge in [-0.25, -0.2) is 19.1 Å². The maximum atomic E-state index is 12.7. The van der Waals surface area contributed by atoms with E-state index in [4.69, 9.17) is 23.1 Å². The van der Waals surface area contributed by atoms with Gasteiger partial charge in [-0.2, -0.15) is 0 Å². The summed E-state index contributed by atoms with van der Waals surface area (Å²) in [6, 6.07) is 4.90. The number of benzene rings is 1. The Morgan fingerprint density at radius 1 is 1.22 bits per heavy atom. The van der Waals surface area contributed by atoms with Gasteiger partial charge in [-0.1, -0.05) is 37.2 Å². The summed E-state index contributed by atoms with van der Waals surface area (Å²) in [7, 11) is 1.87. The van der Waals surface area contributed by atoms with Gasteiger partial charge in [-0.3, -0.25) is 14.4 Å². The summed E-state index contributed by atoms with van der Waals surface area (Å²) in [5.41, 5.74) is 13.4. The first-order valence-electron chi connectivity index (χ1n) is 11.6. The van der Waals surface area contributed by atoms with E-state index in [1.807, 2.05) is 43.0 Å². The molecule has 3 aromatic rings. The summed E-state index contributed by atoms with van der Waals surface area (Å²) < 4.78 is 3.93. The van der Waals surface area contributed by atoms with Crippen LogP contribution in [0.1, 0.15) is 53.9 Å². The predicted octanol–water partition coefficient (Wildman–Crippen LogP) is 1.81. The van der Waals surface area contributed by atoms with Crippen LogP contribution in [0.15, 0.2) is 18.2 Å². The van der Waals surface area contributed by atoms with Gasteiger partial charge in [-0.15, -0.1) is 0 Å². The molecule has 1 fully saturated rings. The highest BCUT2D eigenvalue weighted by molar-refractivity contribution is 8.14. The Labute approximate surface area is 218 Å². The number of nitrogens with one attached hydrogen (secondary N) is 2. The molecule has 11 nitrogen and oxygen atoms in total. The molecule has 3 heterocycles. The van der Waals surface area contributed by atoms with Crippen LogP contribution in [-0.4, -0.2) is 43.3 Å². The van der Waals surface area contributed by atoms with Crippen LogP contribution in [-0.2, 0) is 24.9 Å². The molecular weight excluding hydrogens is 504 g/mol. The third-order valence-corrected chi connectivity index (χ3v) is 6.96. The molecule has 1 unspecified atom stereocenters. The number of nitrogens with zero attached hydrogens (tertiary/aromatic N) is 4. The Kier molecular flexibility index (Phi) is 8.75. The Balaban J connectivity index is 0.00000176. The molecule has 13 heteroatoms. The number of halogens is 1. The standard InChI is InChI=1S/C21H23ClN8O3S.C2H6/c1-3-30-13-8-10(19(31)26-11-6-7-34-21(11)33)4-5-12(13)29(2)14(30)9-25-20(32)15-17(23)28-18(24)16(22)27-15;1-2/h4-5,8,11H,3,6-7,9H2,1-2H3,(H5-,23,24,25,26,28,31,32);1-2H3/p+1. The molecule has 4 rings (SSSR count). The molecule has 2 amide bonds. The van der Waals surface area contributed by atoms with E-state index in [-0.39, 0.29) is 40.0 Å². The molecule has 1 saturated heterocycles. The van der Waals surface area contributed by atoms with Crippen molar-refractivity contribution in [2.75, 3.05) is 17.2 Å². The molecule has 1 aromatic carbocycles. The fourth-order valence-electron chi connectivity index (χ4n) is 3.91. The largest absolute Gasteiger partial charge is 0.382 e. The molecule has 0 radical (unpaired) electrons. The van der Waals surface area contributed by atoms with E-state index >= 15 is 0 Å². The molecule has 192 valence electrons. The average molecular weight is 534 g/mol. The second-order valence-corrected chi connectivity index (χ2v) is 9.18. The Hall–Kier alpha value is -3.38. The second kappa shape index (κ2) is 11.6. The number of nitrogens with two attached hydrogens (primary N) is 2. The van der Waals surface area contributed by atoms with Crippen LogP contribution in [0.5, 0.6) is 0 Å². The molecule has 36 heavy (non-hydrogen) atoms. The van der Waals surface area contributed by atoms with Crippen molar-refractivity contribution in [1.29, 1.82) is 0 Å². The van der Waals surface area contributed by atoms with E-state index < -0.39 is 11.9 Å². The van der Waals surface area contributed by atoms with E-state index in [1.54, 1.807) is 12.1 Å². The number of imidazole rings is 1. The van der Waals surface area contributed by atoms with Gasteiger partial charge < -0.3 is 22.1 Å². The molecule has 1 aliphatic rings. The number of hydrogen-bond acceptors (Lipinski definition) is 8. The molecule has 2 aromatic heterocycles. The van der Waals surface area contributed by atoms with Gasteiger partial charge in [0.2, 0.25) is 5.12 Å². The summed E-state index contributed by atoms with van der Waals surface area (Å²) >= 11 is 7.12. The fraction of sp³-hybridized carbons (Fsp3) is 0.391. The van der Waals surface area contributed by atoms with Crippen LogP contribution >= 0.6 is 23.4 Å². The van der Waals surface area contributed by atoms with Gasteiger partial charge in [0, 0.05) is 17.4 Å². The minimum absolute atomic E-state index is 0.0106. The van der Waals surface area contributed by atoms with E-state index in [0.717, 1.165) is 16.9 Å². The number of aromatic nitrogens is 4. The maximum absolute atomic E-state index is 12.7. The van der Waals surface area contributed by atoms with E-state index in [0.29, 0.717) is 24.3 Å². The monoisotopic (exact) mass is 533 g/mol. The van der Waals surface area contributed by atoms with Crippen molar-refractivity contribution in [2.24, 2.45) is 7.05 Å². The van der Waals surface area contributed by atoms with Crippen molar-refractivity contribution in [3.8, 4) is 0 Å². The molecular formula is C23H30ClN8O3S+. The quantitative estimate of drug-likeness (QED) is 0.349. The van der Waals surface area contributed by atoms with E-state index in [9.17, 15) is 14.4 Å². The third-order valence-electron chi connectivity index (χ3n) is 5.67. The highest BCUT2D eigenvalue weighted by Gasteiger charge is 2.28. The van der Waals surface area contributed by atoms with Crippen LogP contribution in [0.2, 0.25) is 5.15 Å². The van der Waals surface area contributed by atoms with Crippen LogP contribution in [0.25, 0.3) is 11.0 Å². The van der Waals surface area contributed by atoms with Gasteiger partial charge in [0.05, 0.1) is 19.6 Å². The SMILES string of the molecule is CC.CCn1c(CNC(=O)c2nc(Cl)c(N)nc2N)[n+](C)c2ccc(C(=O)NC3CCSC3=O)cc21. The lowest BCUT2D eigenvalue weighted by Crippen LogP contribution is -2.38. The van der Waals surface area contributed by atoms with Crippen LogP contribution in [0.3, 0.4) is 0 Å². The molecule has 0 saturated carbocycles. The number of rotatable bonds is 6. The van der Waals surface area contributed by atoms with Crippen molar-refractivity contribution in [1.82, 2.24) is 25.2 Å². The summed E-state index contributed by atoms with van der Waals surface area (Å²) in [5.74, 6) is 0.501. The number of anilines is 2. The number of nitrogen functional groups attached to an aromatic ring is 2. The minimum Gasteiger partial charge on any atom is -0.382 e. The van der Waals surface area contributed by atoms with Crippen molar-refractivity contribution in [2.45, 2.75) is 46.3 Å². The average Bonchev–Trinajstić information content (AvgIpc) is 3.40. The van der Waals surface area contributed by atoms with Gasteiger partial charge in [0.15, 0.2) is 33.5 Å². The predicted molar refractivity (Wildman–Crippen MR) is 141 cm³/mol. The zero-order valence-corrected chi connectivity index (χ0v) is 22.2. The van der Waals surface area contributed by atoms with Gasteiger partial charge in [0.1, 0.15) is 6.54 Å². The van der Waals surface area contributed by atoms with Crippen LogP contribution < -0.4 is 26.7 Å². The molecule has 0 spiro atoms. The molecule has 0 aliphatic carbocycles. The Morgan fingerprint density at radius 3 is 2.58 bits per heavy atom. The van der Waals surface area contributed by atoms with E-state index in [1.165, 1.54) is 11.8 Å². The fourth-order valence-corrected chi connectivity index (χ4v) is 4.97. The number of fused-ring (bicyclic) bond motifs is 1. The lowest BCUT2D eigenvalue weighted by molar-refractivity contribution is -0.654. The first kappa shape index (κ1) is 27.2. The van der Waals surface area contributed by atoms with Crippen LogP contribution in [0.4, 0.5) is 11.6 Å². The summed E-state index contributed by atoms with van der Waals surface area (Å²) in [6.07, 6.45) is 0.635. The smallest absolute Gasteiger partial charge is 0.276 e. The zero-order chi connectivity index (χ0) is 26.6. The Morgan fingerprint density at radius 2 is 1.94 bits per heavy atom. The molecule has 0 bridgehead atoms. The first-order chi connectivity index (χ1) is 17.2. The number of thioether (sulfide) groups is 1. The molecule has 1 aliphatic heterocycles. The number of hydrogen-bond donors (Lipinski definition) is 4. The van der Waals surface area contributed by atoms with Crippen molar-refractivity contribution >= 4 is 63.0 Å². The summed E-state index contributed by atoms with van der Waals surface area (Å²) in [4.78, 5) is 45.0. The minimum atomic E-state index is -0.543. The number of amides is 2. The van der Waals surface area contributed by atoms with Gasteiger partial charge in [0.25, 0.3) is 17.6 Å². The number of aryl methyl sites for hydroxylation is 2. The first-order valence-corrected chi connectivity index (χ1v) is 12.9. The normalized spacial score (nSPS) is 14.9. The van der Waals surface area contributed by atoms with E-state index in [2.05, 4.69) is 20.6 Å². The lowest BCUT2D eigenvalue weighted by atomic mass is 10.1. The highest BCUT2D eigenvalue weighted by atomic mass is 35.5. The van der Waals surface area contributed by atoms with Crippen molar-refractivity contribution in [3.05, 3.63) is 40.4 Å². The number of carbonyl (C=O) groups is 3. The molecule has 6 N–H and O–H groups in total. The van der Waals surface area contributed by atoms with Gasteiger partial charge >= 0.3 is 0 Å². The van der Waals surface area contributed by atoms with Crippen molar-refractivity contribution in [3.63, 3.8) is 0 Å². The third kappa shape index (κ3) is 5.39. The van der Waals surface area contributed by atoms with Gasteiger partial charge in [-0.05, 0) is 25.5 Å². The Bertz CT molecular complexity index is 1330. The second-order valence-electron chi connectivity index (χ2n) is 7.72. The lowest BCUT2D eigenvalue weighted by Gasteiger charge is -2.09. The highest BCUT2D eigenvalue weighted by Crippen LogP contribution is 2.21. The zero-order valence-electron chi connectivity index (χ0n) is 20.6. The van der Waals surface area contributed by atoms with Crippen molar-refractivity contribution < 1.29 is 19.0 Å². The topological polar surface area (TPSA) is 162 Å². The summed E-state index contributed by atoms with van der Waals surface area (Å²) in [5, 5.41) is 5.49. The van der Waals surface area contributed by atoms with Crippen LogP contribution in [0, 0.1) is 0 Å². The molecule has 1 atom stereocenters.